The van der Waals surface area contributed by atoms with Crippen LogP contribution in [0.4, 0.5) is 4.79 Å². The lowest BCUT2D eigenvalue weighted by Crippen LogP contribution is -2.50. The number of nitrogens with one attached hydrogen (secondary N) is 1. The molecule has 3 N–H and O–H groups in total. The molecule has 1 atom stereocenters. The molecule has 0 fully saturated rings. The Morgan fingerprint density at radius 3 is 1.78 bits per heavy atom. The van der Waals surface area contributed by atoms with Crippen LogP contribution in [0.25, 0.3) is 0 Å². The second-order valence-electron chi connectivity index (χ2n) is 5.18. The SMILES string of the molecule is CC(NC(=O)N(CC(=O)O)CC(=O)O)C(C)(C)C. The highest BCUT2D eigenvalue weighted by Gasteiger charge is 2.26. The smallest absolute Gasteiger partial charge is 0.323 e. The Morgan fingerprint density at radius 1 is 1.11 bits per heavy atom. The van der Waals surface area contributed by atoms with Crippen LogP contribution in [0.2, 0.25) is 0 Å². The Morgan fingerprint density at radius 2 is 1.50 bits per heavy atom. The lowest BCUT2D eigenvalue weighted by Gasteiger charge is -2.30. The van der Waals surface area contributed by atoms with E-state index in [4.69, 9.17) is 10.2 Å². The fourth-order valence-electron chi connectivity index (χ4n) is 1.02. The zero-order valence-corrected chi connectivity index (χ0v) is 11.1. The summed E-state index contributed by atoms with van der Waals surface area (Å²) in [5.74, 6) is -2.51. The number of hydrogen-bond donors (Lipinski definition) is 3. The second-order valence-corrected chi connectivity index (χ2v) is 5.18. The summed E-state index contributed by atoms with van der Waals surface area (Å²) >= 11 is 0. The number of nitrogens with zero attached hydrogens (tertiary/aromatic N) is 1. The zero-order chi connectivity index (χ0) is 14.5. The van der Waals surface area contributed by atoms with Crippen molar-refractivity contribution in [1.82, 2.24) is 10.2 Å². The normalized spacial score (nSPS) is 12.7. The van der Waals surface area contributed by atoms with Crippen LogP contribution >= 0.6 is 0 Å². The number of aliphatic carboxylic acids is 2. The molecule has 0 aromatic carbocycles. The minimum absolute atomic E-state index is 0.201. The van der Waals surface area contributed by atoms with Crippen LogP contribution in [-0.2, 0) is 9.59 Å². The van der Waals surface area contributed by atoms with Crippen molar-refractivity contribution in [2.75, 3.05) is 13.1 Å². The highest BCUT2D eigenvalue weighted by Crippen LogP contribution is 2.18. The molecule has 0 aromatic rings. The average Bonchev–Trinajstić information content (AvgIpc) is 2.13. The molecular formula is C11H20N2O5. The van der Waals surface area contributed by atoms with Gasteiger partial charge in [0.2, 0.25) is 0 Å². The maximum Gasteiger partial charge on any atom is 0.323 e. The number of carbonyl (C=O) groups is 3. The Kier molecular flexibility index (Phi) is 5.61. The predicted octanol–water partition coefficient (Wildman–Crippen LogP) is 0.602. The first kappa shape index (κ1) is 16.2. The molecule has 18 heavy (non-hydrogen) atoms. The van der Waals surface area contributed by atoms with Gasteiger partial charge in [-0.3, -0.25) is 9.59 Å². The molecule has 0 aliphatic heterocycles. The second kappa shape index (κ2) is 6.23. The van der Waals surface area contributed by atoms with E-state index in [1.165, 1.54) is 0 Å². The Bertz CT molecular complexity index is 319. The molecule has 7 nitrogen and oxygen atoms in total. The van der Waals surface area contributed by atoms with Crippen LogP contribution in [-0.4, -0.2) is 52.2 Å². The van der Waals surface area contributed by atoms with Gasteiger partial charge in [0.05, 0.1) is 0 Å². The third-order valence-electron chi connectivity index (χ3n) is 2.58. The Hall–Kier alpha value is -1.79. The van der Waals surface area contributed by atoms with E-state index in [2.05, 4.69) is 5.32 Å². The third kappa shape index (κ3) is 6.07. The summed E-state index contributed by atoms with van der Waals surface area (Å²) in [6.45, 7) is 6.23. The molecular weight excluding hydrogens is 240 g/mol. The summed E-state index contributed by atoms with van der Waals surface area (Å²) in [5, 5.41) is 19.8. The summed E-state index contributed by atoms with van der Waals surface area (Å²) in [7, 11) is 0. The van der Waals surface area contributed by atoms with Gasteiger partial charge in [0.1, 0.15) is 13.1 Å². The van der Waals surface area contributed by atoms with Gasteiger partial charge < -0.3 is 20.4 Å². The van der Waals surface area contributed by atoms with Gasteiger partial charge in [-0.1, -0.05) is 20.8 Å². The maximum absolute atomic E-state index is 11.8. The van der Waals surface area contributed by atoms with Gasteiger partial charge >= 0.3 is 18.0 Å². The van der Waals surface area contributed by atoms with E-state index in [1.807, 2.05) is 20.8 Å². The molecule has 1 unspecified atom stereocenters. The van der Waals surface area contributed by atoms with Crippen LogP contribution < -0.4 is 5.32 Å². The fraction of sp³-hybridized carbons (Fsp3) is 0.727. The van der Waals surface area contributed by atoms with Crippen molar-refractivity contribution >= 4 is 18.0 Å². The van der Waals surface area contributed by atoms with Gasteiger partial charge in [-0.05, 0) is 12.3 Å². The number of hydrogen-bond acceptors (Lipinski definition) is 3. The number of rotatable bonds is 5. The number of carbonyl (C=O) groups excluding carboxylic acids is 1. The molecule has 0 aromatic heterocycles. The first-order valence-corrected chi connectivity index (χ1v) is 5.53. The van der Waals surface area contributed by atoms with Crippen molar-refractivity contribution in [2.24, 2.45) is 5.41 Å². The number of urea groups is 1. The van der Waals surface area contributed by atoms with E-state index in [1.54, 1.807) is 6.92 Å². The number of carboxylic acid groups (broad SMARTS) is 2. The number of carboxylic acids is 2. The first-order valence-electron chi connectivity index (χ1n) is 5.53. The summed E-state index contributed by atoms with van der Waals surface area (Å²) in [4.78, 5) is 33.6. The molecule has 0 saturated carbocycles. The van der Waals surface area contributed by atoms with Crippen molar-refractivity contribution < 1.29 is 24.6 Å². The zero-order valence-electron chi connectivity index (χ0n) is 11.1. The van der Waals surface area contributed by atoms with E-state index < -0.39 is 31.1 Å². The highest BCUT2D eigenvalue weighted by atomic mass is 16.4. The topological polar surface area (TPSA) is 107 Å². The van der Waals surface area contributed by atoms with Crippen molar-refractivity contribution in [3.63, 3.8) is 0 Å². The van der Waals surface area contributed by atoms with Gasteiger partial charge in [0.15, 0.2) is 0 Å². The summed E-state index contributed by atoms with van der Waals surface area (Å²) in [6, 6.07) is -0.905. The molecule has 2 amide bonds. The molecule has 0 spiro atoms. The van der Waals surface area contributed by atoms with Gasteiger partial charge in [-0.25, -0.2) is 4.79 Å². The lowest BCUT2D eigenvalue weighted by atomic mass is 9.88. The molecule has 0 radical (unpaired) electrons. The average molecular weight is 260 g/mol. The van der Waals surface area contributed by atoms with Gasteiger partial charge in [-0.15, -0.1) is 0 Å². The molecule has 0 aliphatic rings. The van der Waals surface area contributed by atoms with Crippen molar-refractivity contribution in [1.29, 1.82) is 0 Å². The van der Waals surface area contributed by atoms with Crippen LogP contribution in [0, 0.1) is 5.41 Å². The van der Waals surface area contributed by atoms with Gasteiger partial charge in [0, 0.05) is 6.04 Å². The standard InChI is InChI=1S/C11H20N2O5/c1-7(11(2,3)4)12-10(18)13(5-8(14)15)6-9(16)17/h7H,5-6H2,1-4H3,(H,12,18)(H,14,15)(H,16,17). The molecule has 0 aliphatic carbocycles. The van der Waals surface area contributed by atoms with Crippen LogP contribution in [0.5, 0.6) is 0 Å². The Balaban J connectivity index is 4.65. The van der Waals surface area contributed by atoms with E-state index >= 15 is 0 Å². The molecule has 0 rings (SSSR count). The number of amides is 2. The predicted molar refractivity (Wildman–Crippen MR) is 64.3 cm³/mol. The Labute approximate surface area is 106 Å². The van der Waals surface area contributed by atoms with E-state index in [9.17, 15) is 14.4 Å². The molecule has 0 heterocycles. The van der Waals surface area contributed by atoms with E-state index in [0.717, 1.165) is 4.90 Å². The van der Waals surface area contributed by atoms with Crippen molar-refractivity contribution in [3.8, 4) is 0 Å². The quantitative estimate of drug-likeness (QED) is 0.671. The highest BCUT2D eigenvalue weighted by molar-refractivity contribution is 5.84. The maximum atomic E-state index is 11.8. The summed E-state index contributed by atoms with van der Waals surface area (Å²) in [6.07, 6.45) is 0. The lowest BCUT2D eigenvalue weighted by molar-refractivity contribution is -0.140. The molecule has 104 valence electrons. The van der Waals surface area contributed by atoms with Gasteiger partial charge in [-0.2, -0.15) is 0 Å². The fourth-order valence-corrected chi connectivity index (χ4v) is 1.02. The largest absolute Gasteiger partial charge is 0.480 e. The van der Waals surface area contributed by atoms with E-state index in [0.29, 0.717) is 0 Å². The van der Waals surface area contributed by atoms with Crippen molar-refractivity contribution in [2.45, 2.75) is 33.7 Å². The first-order chi connectivity index (χ1) is 8.04. The molecule has 0 bridgehead atoms. The molecule has 0 saturated heterocycles. The van der Waals surface area contributed by atoms with Gasteiger partial charge in [0.25, 0.3) is 0 Å². The minimum atomic E-state index is -1.25. The monoisotopic (exact) mass is 260 g/mol. The summed E-state index contributed by atoms with van der Waals surface area (Å²) < 4.78 is 0. The third-order valence-corrected chi connectivity index (χ3v) is 2.58. The minimum Gasteiger partial charge on any atom is -0.480 e. The van der Waals surface area contributed by atoms with E-state index in [-0.39, 0.29) is 11.5 Å². The van der Waals surface area contributed by atoms with Crippen molar-refractivity contribution in [3.05, 3.63) is 0 Å². The van der Waals surface area contributed by atoms with Crippen LogP contribution in [0.15, 0.2) is 0 Å². The van der Waals surface area contributed by atoms with Crippen LogP contribution in [0.3, 0.4) is 0 Å². The van der Waals surface area contributed by atoms with Crippen LogP contribution in [0.1, 0.15) is 27.7 Å². The summed E-state index contributed by atoms with van der Waals surface area (Å²) in [5.41, 5.74) is -0.201. The molecule has 7 heteroatoms.